The summed E-state index contributed by atoms with van der Waals surface area (Å²) in [5, 5.41) is 0. The lowest BCUT2D eigenvalue weighted by Crippen LogP contribution is -1.96. The molecule has 0 saturated heterocycles. The highest BCUT2D eigenvalue weighted by atomic mass is 15.2. The summed E-state index contributed by atoms with van der Waals surface area (Å²) >= 11 is 0. The van der Waals surface area contributed by atoms with Gasteiger partial charge in [0.2, 0.25) is 5.78 Å². The first-order chi connectivity index (χ1) is 18.9. The molecule has 0 unspecified atom stereocenters. The van der Waals surface area contributed by atoms with Crippen LogP contribution in [0.1, 0.15) is 15.5 Å². The number of pyridine rings is 3. The molecule has 0 atom stereocenters. The van der Waals surface area contributed by atoms with Crippen LogP contribution in [-0.4, -0.2) is 28.9 Å². The van der Waals surface area contributed by atoms with Crippen molar-refractivity contribution in [3.8, 4) is 28.2 Å². The molecular formula is C30H22N6. The molecule has 2 aromatic carbocycles. The highest BCUT2D eigenvalue weighted by Gasteiger charge is 2.19. The van der Waals surface area contributed by atoms with Crippen LogP contribution in [0.4, 0.5) is 0 Å². The molecule has 36 heavy (non-hydrogen) atoms. The van der Waals surface area contributed by atoms with E-state index in [1.54, 1.807) is 6.20 Å². The Bertz CT molecular complexity index is 2020. The summed E-state index contributed by atoms with van der Waals surface area (Å²) in [4.78, 5) is 18.9. The molecule has 0 aliphatic rings. The molecular weight excluding hydrogens is 444 g/mol. The second-order valence-electron chi connectivity index (χ2n) is 8.76. The first-order valence-electron chi connectivity index (χ1n) is 13.2. The Kier molecular flexibility index (Phi) is 3.83. The molecule has 0 aliphatic heterocycles. The monoisotopic (exact) mass is 469 g/mol. The maximum absolute atomic E-state index is 7.77. The van der Waals surface area contributed by atoms with Gasteiger partial charge in [-0.2, -0.15) is 0 Å². The minimum Gasteiger partial charge on any atom is -0.276 e. The van der Waals surface area contributed by atoms with Crippen molar-refractivity contribution in [3.05, 3.63) is 109 Å². The van der Waals surface area contributed by atoms with Crippen LogP contribution < -0.4 is 0 Å². The van der Waals surface area contributed by atoms with Crippen molar-refractivity contribution in [1.29, 1.82) is 0 Å². The van der Waals surface area contributed by atoms with E-state index in [2.05, 4.69) is 23.2 Å². The van der Waals surface area contributed by atoms with E-state index in [9.17, 15) is 0 Å². The fraction of sp³-hybridized carbons (Fsp3) is 0.0667. The second kappa shape index (κ2) is 7.85. The third kappa shape index (κ3) is 3.19. The van der Waals surface area contributed by atoms with Crippen LogP contribution in [-0.2, 0) is 0 Å². The van der Waals surface area contributed by atoms with Crippen molar-refractivity contribution in [2.75, 3.05) is 0 Å². The van der Waals surface area contributed by atoms with Gasteiger partial charge in [0.25, 0.3) is 0 Å². The quantitative estimate of drug-likeness (QED) is 0.294. The zero-order valence-electron chi connectivity index (χ0n) is 22.4. The lowest BCUT2D eigenvalue weighted by atomic mass is 10.1. The molecule has 0 amide bonds. The van der Waals surface area contributed by atoms with E-state index in [-0.39, 0.29) is 5.69 Å². The van der Waals surface area contributed by atoms with Gasteiger partial charge < -0.3 is 0 Å². The Morgan fingerprint density at radius 2 is 1.50 bits per heavy atom. The van der Waals surface area contributed by atoms with Crippen LogP contribution in [0.25, 0.3) is 56.2 Å². The van der Waals surface area contributed by atoms with Gasteiger partial charge in [-0.05, 0) is 56.2 Å². The van der Waals surface area contributed by atoms with E-state index in [0.717, 1.165) is 45.1 Å². The molecule has 7 rings (SSSR count). The fourth-order valence-corrected chi connectivity index (χ4v) is 4.73. The lowest BCUT2D eigenvalue weighted by molar-refractivity contribution is 1.11. The molecule has 0 N–H and O–H groups in total. The van der Waals surface area contributed by atoms with Crippen LogP contribution in [0.2, 0.25) is 0 Å². The number of fused-ring (bicyclic) bond motifs is 5. The summed E-state index contributed by atoms with van der Waals surface area (Å²) in [7, 11) is 0. The van der Waals surface area contributed by atoms with Crippen molar-refractivity contribution in [3.63, 3.8) is 0 Å². The van der Waals surface area contributed by atoms with E-state index in [1.165, 1.54) is 6.07 Å². The Hall–Kier alpha value is -4.84. The number of aryl methyl sites for hydroxylation is 2. The van der Waals surface area contributed by atoms with Gasteiger partial charge in [0.1, 0.15) is 0 Å². The zero-order valence-corrected chi connectivity index (χ0v) is 19.4. The van der Waals surface area contributed by atoms with Gasteiger partial charge in [-0.15, -0.1) is 0 Å². The fourth-order valence-electron chi connectivity index (χ4n) is 4.73. The molecule has 6 nitrogen and oxygen atoms in total. The zero-order chi connectivity index (χ0) is 26.7. The van der Waals surface area contributed by atoms with Gasteiger partial charge in [0, 0.05) is 32.3 Å². The minimum absolute atomic E-state index is 0.0158. The Morgan fingerprint density at radius 1 is 0.694 bits per heavy atom. The van der Waals surface area contributed by atoms with Crippen molar-refractivity contribution in [1.82, 2.24) is 28.9 Å². The molecule has 5 heterocycles. The largest absolute Gasteiger partial charge is 0.276 e. The van der Waals surface area contributed by atoms with Crippen LogP contribution in [0.15, 0.2) is 97.2 Å². The summed E-state index contributed by atoms with van der Waals surface area (Å²) in [5.74, 6) is 0.630. The number of hydrogen-bond donors (Lipinski definition) is 0. The normalized spacial score (nSPS) is 13.2. The molecule has 0 saturated carbocycles. The number of rotatable bonds is 3. The average molecular weight is 470 g/mol. The van der Waals surface area contributed by atoms with Gasteiger partial charge in [-0.1, -0.05) is 48.5 Å². The second-order valence-corrected chi connectivity index (χ2v) is 8.76. The van der Waals surface area contributed by atoms with Gasteiger partial charge in [0.15, 0.2) is 5.65 Å². The van der Waals surface area contributed by atoms with Crippen LogP contribution in [0.5, 0.6) is 0 Å². The van der Waals surface area contributed by atoms with Crippen molar-refractivity contribution < 1.29 is 4.11 Å². The Labute approximate surface area is 211 Å². The highest BCUT2D eigenvalue weighted by molar-refractivity contribution is 5.90. The molecule has 0 fully saturated rings. The molecule has 172 valence electrons. The van der Waals surface area contributed by atoms with E-state index in [0.29, 0.717) is 16.8 Å². The maximum atomic E-state index is 7.77. The standard InChI is InChI=1S/C30H22N6/c1-19-14-15-27-29(32-19)36-28-18-31-20(2)16-26(28)34-30(36)35(27)23-11-6-10-22(17-23)25-13-7-12-24(33-25)21-8-4-3-5-9-21/h3-18H,1-2H3/i2D3. The third-order valence-electron chi connectivity index (χ3n) is 6.39. The molecule has 0 aliphatic carbocycles. The van der Waals surface area contributed by atoms with Gasteiger partial charge in [0.05, 0.1) is 34.1 Å². The van der Waals surface area contributed by atoms with Gasteiger partial charge in [-0.3, -0.25) is 14.0 Å². The molecule has 0 radical (unpaired) electrons. The van der Waals surface area contributed by atoms with E-state index >= 15 is 0 Å². The SMILES string of the molecule is [2H]C([2H])([2H])c1cc2nc3n(-c4cccc(-c5cccc(-c6ccccc6)n5)c4)c4ccc(C)nc4n3c2cn1. The molecule has 0 spiro atoms. The Balaban J connectivity index is 1.44. The first kappa shape index (κ1) is 17.6. The van der Waals surface area contributed by atoms with E-state index in [4.69, 9.17) is 19.1 Å². The van der Waals surface area contributed by atoms with Gasteiger partial charge >= 0.3 is 0 Å². The highest BCUT2D eigenvalue weighted by Crippen LogP contribution is 2.30. The van der Waals surface area contributed by atoms with Crippen molar-refractivity contribution in [2.45, 2.75) is 13.8 Å². The van der Waals surface area contributed by atoms with Crippen molar-refractivity contribution >= 4 is 28.0 Å². The lowest BCUT2D eigenvalue weighted by Gasteiger charge is -2.09. The summed E-state index contributed by atoms with van der Waals surface area (Å²) in [6, 6.07) is 29.8. The number of imidazole rings is 2. The summed E-state index contributed by atoms with van der Waals surface area (Å²) in [6.45, 7) is -0.372. The summed E-state index contributed by atoms with van der Waals surface area (Å²) in [6.07, 6.45) is 1.57. The van der Waals surface area contributed by atoms with Crippen LogP contribution in [0.3, 0.4) is 0 Å². The summed E-state index contributed by atoms with van der Waals surface area (Å²) < 4.78 is 27.3. The number of nitrogens with zero attached hydrogens (tertiary/aromatic N) is 6. The third-order valence-corrected chi connectivity index (χ3v) is 6.39. The molecule has 5 aromatic heterocycles. The van der Waals surface area contributed by atoms with Crippen LogP contribution in [0, 0.1) is 13.8 Å². The molecule has 6 heteroatoms. The average Bonchev–Trinajstić information content (AvgIpc) is 3.47. The van der Waals surface area contributed by atoms with Crippen LogP contribution >= 0.6 is 0 Å². The van der Waals surface area contributed by atoms with E-state index < -0.39 is 6.85 Å². The van der Waals surface area contributed by atoms with Crippen molar-refractivity contribution in [2.24, 2.45) is 0 Å². The molecule has 7 aromatic rings. The smallest absolute Gasteiger partial charge is 0.222 e. The number of hydrogen-bond acceptors (Lipinski definition) is 4. The topological polar surface area (TPSA) is 60.9 Å². The predicted octanol–water partition coefficient (Wildman–Crippen LogP) is 6.57. The predicted molar refractivity (Wildman–Crippen MR) is 143 cm³/mol. The Morgan fingerprint density at radius 3 is 2.36 bits per heavy atom. The number of aromatic nitrogens is 6. The van der Waals surface area contributed by atoms with Gasteiger partial charge in [-0.25, -0.2) is 15.0 Å². The molecule has 0 bridgehead atoms. The van der Waals surface area contributed by atoms with E-state index in [1.807, 2.05) is 82.6 Å². The number of benzene rings is 2. The first-order valence-corrected chi connectivity index (χ1v) is 11.7. The maximum Gasteiger partial charge on any atom is 0.222 e. The minimum atomic E-state index is -2.32. The summed E-state index contributed by atoms with van der Waals surface area (Å²) in [5.41, 5.74) is 8.43.